The maximum Gasteiger partial charge on any atom is 0.274 e. The van der Waals surface area contributed by atoms with E-state index in [1.807, 2.05) is 13.8 Å². The summed E-state index contributed by atoms with van der Waals surface area (Å²) in [5, 5.41) is 19.7. The number of aromatic amines is 1. The summed E-state index contributed by atoms with van der Waals surface area (Å²) < 4.78 is 5.32. The van der Waals surface area contributed by atoms with Crippen molar-refractivity contribution in [2.24, 2.45) is 0 Å². The minimum atomic E-state index is -1.03. The molecule has 0 radical (unpaired) electrons. The number of nitrogens with two attached hydrogens (primary N) is 1. The normalized spacial score (nSPS) is 26.1. The Morgan fingerprint density at radius 3 is 2.90 bits per heavy atom. The van der Waals surface area contributed by atoms with Gasteiger partial charge in [-0.05, 0) is 12.8 Å². The minimum absolute atomic E-state index is 0.121. The van der Waals surface area contributed by atoms with Crippen molar-refractivity contribution in [2.75, 3.05) is 18.9 Å². The van der Waals surface area contributed by atoms with E-state index in [-0.39, 0.29) is 24.3 Å². The molecule has 0 aromatic carbocycles. The zero-order valence-electron chi connectivity index (χ0n) is 12.1. The van der Waals surface area contributed by atoms with Gasteiger partial charge < -0.3 is 20.9 Å². The van der Waals surface area contributed by atoms with E-state index in [0.717, 1.165) is 5.69 Å². The van der Waals surface area contributed by atoms with Gasteiger partial charge in [-0.15, -0.1) is 0 Å². The van der Waals surface area contributed by atoms with Gasteiger partial charge >= 0.3 is 0 Å². The van der Waals surface area contributed by atoms with E-state index in [1.54, 1.807) is 6.92 Å². The Balaban J connectivity index is 2.02. The molecule has 20 heavy (non-hydrogen) atoms. The fourth-order valence-corrected chi connectivity index (χ4v) is 2.30. The lowest BCUT2D eigenvalue weighted by Crippen LogP contribution is -2.47. The molecule has 1 aliphatic rings. The first-order chi connectivity index (χ1) is 9.35. The molecule has 2 atom stereocenters. The molecule has 0 aliphatic carbocycles. The van der Waals surface area contributed by atoms with Crippen molar-refractivity contribution in [3.05, 3.63) is 11.4 Å². The molecule has 1 aromatic heterocycles. The fraction of sp³-hybridized carbons (Fsp3) is 0.692. The molecule has 1 amide bonds. The summed E-state index contributed by atoms with van der Waals surface area (Å²) >= 11 is 0. The number of ether oxygens (including phenoxy) is 1. The van der Waals surface area contributed by atoms with E-state index in [9.17, 15) is 9.90 Å². The molecule has 7 heteroatoms. The lowest BCUT2D eigenvalue weighted by atomic mass is 9.96. The van der Waals surface area contributed by atoms with Crippen molar-refractivity contribution in [2.45, 2.75) is 44.8 Å². The first-order valence-electron chi connectivity index (χ1n) is 6.81. The molecule has 1 fully saturated rings. The maximum atomic E-state index is 12.1. The van der Waals surface area contributed by atoms with Gasteiger partial charge in [0.15, 0.2) is 5.69 Å². The number of rotatable bonds is 4. The molecular formula is C13H22N4O3. The summed E-state index contributed by atoms with van der Waals surface area (Å²) in [6, 6.07) is 0. The predicted molar refractivity (Wildman–Crippen MR) is 74.4 cm³/mol. The van der Waals surface area contributed by atoms with Crippen molar-refractivity contribution in [3.63, 3.8) is 0 Å². The molecule has 0 saturated carbocycles. The van der Waals surface area contributed by atoms with Crippen molar-refractivity contribution >= 4 is 11.6 Å². The first-order valence-corrected chi connectivity index (χ1v) is 6.81. The molecule has 0 bridgehead atoms. The van der Waals surface area contributed by atoms with Crippen LogP contribution in [0.3, 0.4) is 0 Å². The van der Waals surface area contributed by atoms with Crippen LogP contribution in [-0.2, 0) is 4.74 Å². The van der Waals surface area contributed by atoms with E-state index in [0.29, 0.717) is 18.7 Å². The highest BCUT2D eigenvalue weighted by Crippen LogP contribution is 2.25. The van der Waals surface area contributed by atoms with Gasteiger partial charge in [-0.25, -0.2) is 0 Å². The summed E-state index contributed by atoms with van der Waals surface area (Å²) in [5.74, 6) is -0.227. The van der Waals surface area contributed by atoms with Gasteiger partial charge in [0.2, 0.25) is 0 Å². The van der Waals surface area contributed by atoms with E-state index in [2.05, 4.69) is 15.5 Å². The summed E-state index contributed by atoms with van der Waals surface area (Å²) in [6.07, 6.45) is 0.201. The van der Waals surface area contributed by atoms with E-state index in [1.165, 1.54) is 0 Å². The smallest absolute Gasteiger partial charge is 0.274 e. The number of carbonyl (C=O) groups excluding carboxylic acids is 1. The zero-order chi connectivity index (χ0) is 14.9. The fourth-order valence-electron chi connectivity index (χ4n) is 2.30. The van der Waals surface area contributed by atoms with Gasteiger partial charge in [-0.2, -0.15) is 5.10 Å². The molecule has 7 nitrogen and oxygen atoms in total. The van der Waals surface area contributed by atoms with Crippen LogP contribution in [0.25, 0.3) is 0 Å². The Morgan fingerprint density at radius 1 is 1.70 bits per heavy atom. The monoisotopic (exact) mass is 282 g/mol. The van der Waals surface area contributed by atoms with Crippen molar-refractivity contribution in [3.8, 4) is 0 Å². The first kappa shape index (κ1) is 14.8. The third-order valence-corrected chi connectivity index (χ3v) is 3.84. The zero-order valence-corrected chi connectivity index (χ0v) is 12.1. The summed E-state index contributed by atoms with van der Waals surface area (Å²) in [4.78, 5) is 12.1. The Kier molecular flexibility index (Phi) is 4.01. The lowest BCUT2D eigenvalue weighted by molar-refractivity contribution is -0.0251. The Labute approximate surface area is 117 Å². The maximum absolute atomic E-state index is 12.1. The lowest BCUT2D eigenvalue weighted by Gasteiger charge is -2.25. The van der Waals surface area contributed by atoms with Gasteiger partial charge in [-0.1, -0.05) is 13.8 Å². The Morgan fingerprint density at radius 2 is 2.40 bits per heavy atom. The van der Waals surface area contributed by atoms with E-state index < -0.39 is 11.5 Å². The number of nitrogens with zero attached hydrogens (tertiary/aromatic N) is 1. The average molecular weight is 282 g/mol. The molecule has 0 spiro atoms. The minimum Gasteiger partial charge on any atom is -0.395 e. The predicted octanol–water partition coefficient (Wildman–Crippen LogP) is 0.385. The number of carbonyl (C=O) groups is 1. The molecule has 2 unspecified atom stereocenters. The molecular weight excluding hydrogens is 260 g/mol. The number of nitrogen functional groups attached to an aromatic ring is 1. The van der Waals surface area contributed by atoms with Crippen LogP contribution in [0.2, 0.25) is 0 Å². The van der Waals surface area contributed by atoms with Gasteiger partial charge in [0.25, 0.3) is 5.91 Å². The number of aliphatic hydroxyl groups is 1. The van der Waals surface area contributed by atoms with Crippen LogP contribution < -0.4 is 11.1 Å². The van der Waals surface area contributed by atoms with Crippen LogP contribution in [0, 0.1) is 0 Å². The summed E-state index contributed by atoms with van der Waals surface area (Å²) in [6.45, 7) is 6.34. The number of hydrogen-bond acceptors (Lipinski definition) is 5. The largest absolute Gasteiger partial charge is 0.395 e. The van der Waals surface area contributed by atoms with Crippen molar-refractivity contribution in [1.82, 2.24) is 15.5 Å². The van der Waals surface area contributed by atoms with Crippen LogP contribution in [-0.4, -0.2) is 46.1 Å². The van der Waals surface area contributed by atoms with Gasteiger partial charge in [-0.3, -0.25) is 9.89 Å². The van der Waals surface area contributed by atoms with Crippen LogP contribution in [0.5, 0.6) is 0 Å². The van der Waals surface area contributed by atoms with Gasteiger partial charge in [0.05, 0.1) is 17.5 Å². The van der Waals surface area contributed by atoms with Gasteiger partial charge in [0.1, 0.15) is 5.60 Å². The highest BCUT2D eigenvalue weighted by molar-refractivity contribution is 5.97. The molecule has 1 aliphatic heterocycles. The second kappa shape index (κ2) is 5.41. The number of hydrogen-bond donors (Lipinski definition) is 4. The molecule has 1 aromatic rings. The van der Waals surface area contributed by atoms with Crippen LogP contribution in [0.4, 0.5) is 5.69 Å². The van der Waals surface area contributed by atoms with Crippen LogP contribution >= 0.6 is 0 Å². The number of anilines is 1. The standard InChI is InChI=1S/C13H22N4O3/c1-7(2)10-9(14)11(17-16-10)12(18)15-6-13(19)4-5-20-8(13)3/h7-8,19H,4-6,14H2,1-3H3,(H,15,18)(H,16,17). The quantitative estimate of drug-likeness (QED) is 0.638. The van der Waals surface area contributed by atoms with Gasteiger partial charge in [0, 0.05) is 19.6 Å². The summed E-state index contributed by atoms with van der Waals surface area (Å²) in [7, 11) is 0. The molecule has 5 N–H and O–H groups in total. The second-order valence-electron chi connectivity index (χ2n) is 5.60. The molecule has 2 rings (SSSR count). The highest BCUT2D eigenvalue weighted by Gasteiger charge is 2.40. The average Bonchev–Trinajstić information content (AvgIpc) is 2.92. The topological polar surface area (TPSA) is 113 Å². The number of nitrogens with one attached hydrogen (secondary N) is 2. The number of H-pyrrole nitrogens is 1. The highest BCUT2D eigenvalue weighted by atomic mass is 16.5. The molecule has 2 heterocycles. The Hall–Kier alpha value is -1.60. The van der Waals surface area contributed by atoms with E-state index in [4.69, 9.17) is 10.5 Å². The third kappa shape index (κ3) is 2.64. The third-order valence-electron chi connectivity index (χ3n) is 3.84. The molecule has 1 saturated heterocycles. The van der Waals surface area contributed by atoms with E-state index >= 15 is 0 Å². The van der Waals surface area contributed by atoms with Crippen LogP contribution in [0.15, 0.2) is 0 Å². The second-order valence-corrected chi connectivity index (χ2v) is 5.60. The van der Waals surface area contributed by atoms with Crippen LogP contribution in [0.1, 0.15) is 49.3 Å². The molecule has 112 valence electrons. The summed E-state index contributed by atoms with van der Waals surface area (Å²) in [5.41, 5.74) is 6.15. The van der Waals surface area contributed by atoms with Crippen molar-refractivity contribution < 1.29 is 14.6 Å². The number of aromatic nitrogens is 2. The number of amides is 1. The van der Waals surface area contributed by atoms with Crippen molar-refractivity contribution in [1.29, 1.82) is 0 Å². The SMILES string of the molecule is CC(C)c1[nH]nc(C(=O)NCC2(O)CCOC2C)c1N. The Bertz CT molecular complexity index is 500.